The Morgan fingerprint density at radius 2 is 2.09 bits per heavy atom. The van der Waals surface area contributed by atoms with E-state index in [0.717, 1.165) is 54.4 Å². The summed E-state index contributed by atoms with van der Waals surface area (Å²) in [7, 11) is 1.67. The molecule has 0 bridgehead atoms. The topological polar surface area (TPSA) is 105 Å². The van der Waals surface area contributed by atoms with Crippen LogP contribution in [-0.4, -0.2) is 40.3 Å². The standard InChI is InChI=1S/C23H22N6O3/c1-30-20-10-22-21(31-14-32-22)9-15(20)13-29-8-2-3-19(29)18-6-7-25-23(28-18)27-17-5-4-16(11-24)26-12-17/h4-7,9-10,12,19H,2-3,8,13-14H2,1H3,(H,25,27,28)/t19-/m0/s1. The van der Waals surface area contributed by atoms with Gasteiger partial charge in [-0.2, -0.15) is 5.26 Å². The monoisotopic (exact) mass is 430 g/mol. The van der Waals surface area contributed by atoms with Gasteiger partial charge in [0.1, 0.15) is 17.5 Å². The Hall–Kier alpha value is -3.90. The maximum absolute atomic E-state index is 8.90. The fraction of sp³-hybridized carbons (Fsp3) is 0.304. The molecule has 2 aromatic heterocycles. The molecule has 1 fully saturated rings. The molecule has 0 amide bonds. The van der Waals surface area contributed by atoms with Crippen LogP contribution in [0, 0.1) is 11.3 Å². The predicted molar refractivity (Wildman–Crippen MR) is 116 cm³/mol. The van der Waals surface area contributed by atoms with E-state index in [1.165, 1.54) is 0 Å². The van der Waals surface area contributed by atoms with Gasteiger partial charge in [-0.1, -0.05) is 0 Å². The van der Waals surface area contributed by atoms with Crippen molar-refractivity contribution in [3.8, 4) is 23.3 Å². The quantitative estimate of drug-likeness (QED) is 0.628. The summed E-state index contributed by atoms with van der Waals surface area (Å²) in [5.41, 5.74) is 3.11. The van der Waals surface area contributed by atoms with Gasteiger partial charge in [0.25, 0.3) is 0 Å². The zero-order valence-electron chi connectivity index (χ0n) is 17.6. The van der Waals surface area contributed by atoms with Crippen LogP contribution >= 0.6 is 0 Å². The van der Waals surface area contributed by atoms with E-state index in [2.05, 4.69) is 20.2 Å². The van der Waals surface area contributed by atoms with Gasteiger partial charge in [-0.25, -0.2) is 15.0 Å². The van der Waals surface area contributed by atoms with Gasteiger partial charge in [0.05, 0.1) is 30.7 Å². The maximum atomic E-state index is 8.90. The molecule has 9 nitrogen and oxygen atoms in total. The van der Waals surface area contributed by atoms with Crippen molar-refractivity contribution in [3.05, 3.63) is 59.7 Å². The third kappa shape index (κ3) is 4.00. The van der Waals surface area contributed by atoms with Gasteiger partial charge in [-0.05, 0) is 43.7 Å². The number of fused-ring (bicyclic) bond motifs is 1. The van der Waals surface area contributed by atoms with Gasteiger partial charge in [-0.3, -0.25) is 4.90 Å². The van der Waals surface area contributed by atoms with Crippen LogP contribution in [0.15, 0.2) is 42.7 Å². The lowest BCUT2D eigenvalue weighted by Gasteiger charge is -2.25. The highest BCUT2D eigenvalue weighted by atomic mass is 16.7. The van der Waals surface area contributed by atoms with E-state index < -0.39 is 0 Å². The van der Waals surface area contributed by atoms with Gasteiger partial charge in [0.2, 0.25) is 12.7 Å². The molecule has 162 valence electrons. The molecule has 9 heteroatoms. The lowest BCUT2D eigenvalue weighted by molar-refractivity contribution is 0.173. The first-order valence-corrected chi connectivity index (χ1v) is 10.4. The number of hydrogen-bond acceptors (Lipinski definition) is 9. The number of aromatic nitrogens is 3. The van der Waals surface area contributed by atoms with Crippen molar-refractivity contribution in [2.75, 3.05) is 25.8 Å². The van der Waals surface area contributed by atoms with Gasteiger partial charge < -0.3 is 19.5 Å². The van der Waals surface area contributed by atoms with E-state index in [9.17, 15) is 0 Å². The second-order valence-corrected chi connectivity index (χ2v) is 7.62. The molecular weight excluding hydrogens is 408 g/mol. The summed E-state index contributed by atoms with van der Waals surface area (Å²) in [6, 6.07) is 11.5. The molecule has 2 aliphatic heterocycles. The van der Waals surface area contributed by atoms with Crippen LogP contribution in [0.1, 0.15) is 35.8 Å². The first-order valence-electron chi connectivity index (χ1n) is 10.4. The second kappa shape index (κ2) is 8.69. The zero-order valence-corrected chi connectivity index (χ0v) is 17.6. The molecule has 0 unspecified atom stereocenters. The minimum Gasteiger partial charge on any atom is -0.496 e. The normalized spacial score (nSPS) is 17.2. The fourth-order valence-electron chi connectivity index (χ4n) is 4.13. The van der Waals surface area contributed by atoms with Crippen LogP contribution < -0.4 is 19.5 Å². The molecular formula is C23H22N6O3. The summed E-state index contributed by atoms with van der Waals surface area (Å²) >= 11 is 0. The minimum atomic E-state index is 0.174. The van der Waals surface area contributed by atoms with E-state index in [0.29, 0.717) is 17.4 Å². The molecule has 1 N–H and O–H groups in total. The van der Waals surface area contributed by atoms with Crippen LogP contribution in [-0.2, 0) is 6.54 Å². The number of benzene rings is 1. The number of likely N-dealkylation sites (tertiary alicyclic amines) is 1. The summed E-state index contributed by atoms with van der Waals surface area (Å²) in [6.45, 7) is 1.92. The number of ether oxygens (including phenoxy) is 3. The van der Waals surface area contributed by atoms with Crippen LogP contribution in [0.5, 0.6) is 17.2 Å². The summed E-state index contributed by atoms with van der Waals surface area (Å²) in [5, 5.41) is 12.1. The fourth-order valence-corrected chi connectivity index (χ4v) is 4.13. The van der Waals surface area contributed by atoms with Gasteiger partial charge in [0, 0.05) is 24.4 Å². The molecule has 1 aromatic carbocycles. The van der Waals surface area contributed by atoms with Crippen molar-refractivity contribution >= 4 is 11.6 Å². The second-order valence-electron chi connectivity index (χ2n) is 7.62. The van der Waals surface area contributed by atoms with Crippen LogP contribution in [0.4, 0.5) is 11.6 Å². The van der Waals surface area contributed by atoms with Crippen molar-refractivity contribution in [1.82, 2.24) is 19.9 Å². The molecule has 1 atom stereocenters. The lowest BCUT2D eigenvalue weighted by atomic mass is 10.1. The number of anilines is 2. The average Bonchev–Trinajstić information content (AvgIpc) is 3.48. The molecule has 5 rings (SSSR count). The number of hydrogen-bond donors (Lipinski definition) is 1. The Morgan fingerprint density at radius 1 is 1.22 bits per heavy atom. The number of methoxy groups -OCH3 is 1. The number of nitrogens with zero attached hydrogens (tertiary/aromatic N) is 5. The Morgan fingerprint density at radius 3 is 2.88 bits per heavy atom. The molecule has 0 aliphatic carbocycles. The largest absolute Gasteiger partial charge is 0.496 e. The van der Waals surface area contributed by atoms with E-state index >= 15 is 0 Å². The SMILES string of the molecule is COc1cc2c(cc1CN1CCC[C@H]1c1ccnc(Nc3ccc(C#N)nc3)n1)OCO2. The number of rotatable bonds is 6. The highest BCUT2D eigenvalue weighted by molar-refractivity contribution is 5.53. The zero-order chi connectivity index (χ0) is 21.9. The van der Waals surface area contributed by atoms with Crippen molar-refractivity contribution < 1.29 is 14.2 Å². The smallest absolute Gasteiger partial charge is 0.231 e. The van der Waals surface area contributed by atoms with Crippen molar-refractivity contribution in [2.45, 2.75) is 25.4 Å². The lowest BCUT2D eigenvalue weighted by Crippen LogP contribution is -2.24. The highest BCUT2D eigenvalue weighted by Crippen LogP contribution is 2.40. The van der Waals surface area contributed by atoms with E-state index in [1.807, 2.05) is 24.3 Å². The summed E-state index contributed by atoms with van der Waals surface area (Å²) in [4.78, 5) is 15.6. The van der Waals surface area contributed by atoms with Crippen molar-refractivity contribution in [1.29, 1.82) is 5.26 Å². The summed E-state index contributed by atoms with van der Waals surface area (Å²) in [6.07, 6.45) is 5.47. The van der Waals surface area contributed by atoms with Crippen molar-refractivity contribution in [3.63, 3.8) is 0 Å². The number of nitriles is 1. The molecule has 3 aromatic rings. The average molecular weight is 430 g/mol. The van der Waals surface area contributed by atoms with E-state index in [4.69, 9.17) is 24.5 Å². The molecule has 32 heavy (non-hydrogen) atoms. The number of nitrogens with one attached hydrogen (secondary N) is 1. The van der Waals surface area contributed by atoms with E-state index in [1.54, 1.807) is 31.6 Å². The van der Waals surface area contributed by atoms with Crippen LogP contribution in [0.3, 0.4) is 0 Å². The molecule has 1 saturated heterocycles. The van der Waals surface area contributed by atoms with Gasteiger partial charge in [0.15, 0.2) is 11.5 Å². The van der Waals surface area contributed by atoms with Gasteiger partial charge in [-0.15, -0.1) is 0 Å². The third-order valence-corrected chi connectivity index (χ3v) is 5.67. The first-order chi connectivity index (χ1) is 15.7. The molecule has 4 heterocycles. The van der Waals surface area contributed by atoms with E-state index in [-0.39, 0.29) is 12.8 Å². The summed E-state index contributed by atoms with van der Waals surface area (Å²) < 4.78 is 16.6. The number of pyridine rings is 1. The molecule has 2 aliphatic rings. The van der Waals surface area contributed by atoms with Crippen LogP contribution in [0.25, 0.3) is 0 Å². The molecule has 0 spiro atoms. The Kier molecular flexibility index (Phi) is 5.44. The Bertz CT molecular complexity index is 1160. The minimum absolute atomic E-state index is 0.174. The highest BCUT2D eigenvalue weighted by Gasteiger charge is 2.29. The summed E-state index contributed by atoms with van der Waals surface area (Å²) in [5.74, 6) is 2.76. The molecule has 0 saturated carbocycles. The van der Waals surface area contributed by atoms with Gasteiger partial charge >= 0.3 is 0 Å². The third-order valence-electron chi connectivity index (χ3n) is 5.67. The Labute approximate surface area is 185 Å². The maximum Gasteiger partial charge on any atom is 0.231 e. The van der Waals surface area contributed by atoms with Crippen LogP contribution in [0.2, 0.25) is 0 Å². The predicted octanol–water partition coefficient (Wildman–Crippen LogP) is 3.56. The molecule has 0 radical (unpaired) electrons. The van der Waals surface area contributed by atoms with Crippen molar-refractivity contribution in [2.24, 2.45) is 0 Å². The first kappa shape index (κ1) is 20.0. The Balaban J connectivity index is 1.35.